The quantitative estimate of drug-likeness (QED) is 0.166. The van der Waals surface area contributed by atoms with Crippen LogP contribution in [0.1, 0.15) is 44.5 Å². The number of nitrogens with zero attached hydrogens (tertiary/aromatic N) is 6. The first-order chi connectivity index (χ1) is 48.1. The summed E-state index contributed by atoms with van der Waals surface area (Å²) in [6, 6.07) is 115. The van der Waals surface area contributed by atoms with E-state index in [1.165, 1.54) is 116 Å². The Kier molecular flexibility index (Phi) is 10.5. The van der Waals surface area contributed by atoms with Gasteiger partial charge in [-0.2, -0.15) is 0 Å². The van der Waals surface area contributed by atoms with Crippen molar-refractivity contribution < 1.29 is 4.42 Å². The minimum absolute atomic E-state index is 0.465. The monoisotopic (exact) mass is 1230 g/mol. The second-order valence-corrected chi connectivity index (χ2v) is 26.3. The molecule has 0 fully saturated rings. The molecule has 6 heterocycles. The molecule has 2 aliphatic carbocycles. The maximum absolute atomic E-state index is 6.68. The number of fused-ring (bicyclic) bond motifs is 25. The zero-order valence-electron chi connectivity index (χ0n) is 52.1. The van der Waals surface area contributed by atoms with Gasteiger partial charge >= 0.3 is 0 Å². The summed E-state index contributed by atoms with van der Waals surface area (Å²) >= 11 is 0. The van der Waals surface area contributed by atoms with E-state index in [-0.39, 0.29) is 0 Å². The lowest BCUT2D eigenvalue weighted by Crippen LogP contribution is -2.33. The molecule has 4 aliphatic rings. The summed E-state index contributed by atoms with van der Waals surface area (Å²) in [7, 11) is 0. The molecular formula is C90H52N6O. The van der Waals surface area contributed by atoms with Crippen LogP contribution < -0.4 is 0 Å². The van der Waals surface area contributed by atoms with E-state index in [4.69, 9.17) is 19.5 Å². The first-order valence-corrected chi connectivity index (χ1v) is 33.3. The molecule has 1 unspecified atom stereocenters. The molecule has 2 aliphatic heterocycles. The Bertz CT molecular complexity index is 6420. The molecule has 7 nitrogen and oxygen atoms in total. The Hall–Kier alpha value is -12.8. The van der Waals surface area contributed by atoms with Crippen LogP contribution in [0.3, 0.4) is 0 Å². The van der Waals surface area contributed by atoms with Gasteiger partial charge in [-0.25, -0.2) is 9.97 Å². The van der Waals surface area contributed by atoms with Gasteiger partial charge in [0.05, 0.1) is 55.5 Å². The number of para-hydroxylation sites is 6. The molecular weight excluding hydrogens is 1180 g/mol. The molecule has 22 rings (SSSR count). The van der Waals surface area contributed by atoms with Crippen LogP contribution in [0.25, 0.3) is 156 Å². The highest BCUT2D eigenvalue weighted by molar-refractivity contribution is 6.14. The summed E-state index contributed by atoms with van der Waals surface area (Å²) in [5.74, 6) is 1.63. The molecule has 0 bridgehead atoms. The molecule has 0 N–H and O–H groups in total. The third-order valence-corrected chi connectivity index (χ3v) is 21.7. The maximum Gasteiger partial charge on any atom is 0.248 e. The second kappa shape index (κ2) is 19.4. The van der Waals surface area contributed by atoms with E-state index in [0.717, 1.165) is 66.8 Å². The van der Waals surface area contributed by atoms with Gasteiger partial charge < -0.3 is 13.6 Å². The molecule has 14 aromatic carbocycles. The molecule has 4 aromatic heterocycles. The molecule has 0 radical (unpaired) electrons. The van der Waals surface area contributed by atoms with Gasteiger partial charge in [-0.05, 0) is 156 Å². The van der Waals surface area contributed by atoms with Crippen LogP contribution in [0.5, 0.6) is 0 Å². The molecule has 18 aromatic rings. The van der Waals surface area contributed by atoms with Crippen molar-refractivity contribution in [3.8, 4) is 101 Å². The van der Waals surface area contributed by atoms with E-state index in [1.807, 2.05) is 0 Å². The number of aromatic nitrogens is 6. The molecule has 97 heavy (non-hydrogen) atoms. The summed E-state index contributed by atoms with van der Waals surface area (Å²) in [6.45, 7) is 0. The van der Waals surface area contributed by atoms with Crippen molar-refractivity contribution in [3.63, 3.8) is 0 Å². The molecule has 2 spiro atoms. The average Bonchev–Trinajstić information content (AvgIpc) is 1.53. The van der Waals surface area contributed by atoms with E-state index in [1.54, 1.807) is 0 Å². The maximum atomic E-state index is 6.68. The van der Waals surface area contributed by atoms with Crippen LogP contribution >= 0.6 is 0 Å². The Morgan fingerprint density at radius 1 is 0.258 bits per heavy atom. The molecule has 0 saturated heterocycles. The first-order valence-electron chi connectivity index (χ1n) is 33.3. The summed E-state index contributed by atoms with van der Waals surface area (Å²) in [5, 5.41) is 15.4. The molecule has 448 valence electrons. The van der Waals surface area contributed by atoms with Crippen LogP contribution in [0.15, 0.2) is 320 Å². The number of benzene rings is 14. The third-order valence-electron chi connectivity index (χ3n) is 21.7. The van der Waals surface area contributed by atoms with Gasteiger partial charge in [-0.1, -0.05) is 249 Å². The molecule has 7 heteroatoms. The minimum atomic E-state index is -0.588. The molecule has 1 atom stereocenters. The number of rotatable bonds is 6. The second-order valence-electron chi connectivity index (χ2n) is 26.3. The van der Waals surface area contributed by atoms with E-state index in [0.29, 0.717) is 17.6 Å². The smallest absolute Gasteiger partial charge is 0.248 e. The summed E-state index contributed by atoms with van der Waals surface area (Å²) in [6.07, 6.45) is 0. The molecule has 0 saturated carbocycles. The van der Waals surface area contributed by atoms with Crippen molar-refractivity contribution in [1.29, 1.82) is 0 Å². The largest absolute Gasteiger partial charge is 0.416 e. The highest BCUT2D eigenvalue weighted by atomic mass is 16.4. The topological polar surface area (TPSA) is 74.6 Å². The van der Waals surface area contributed by atoms with Crippen molar-refractivity contribution in [2.24, 2.45) is 0 Å². The van der Waals surface area contributed by atoms with Crippen molar-refractivity contribution in [2.75, 3.05) is 0 Å². The Morgan fingerprint density at radius 3 is 1.32 bits per heavy atom. The van der Waals surface area contributed by atoms with Crippen molar-refractivity contribution in [1.82, 2.24) is 29.3 Å². The fourth-order valence-electron chi connectivity index (χ4n) is 17.8. The highest BCUT2D eigenvalue weighted by Gasteiger charge is 2.53. The zero-order chi connectivity index (χ0) is 63.2. The van der Waals surface area contributed by atoms with Crippen LogP contribution in [0.4, 0.5) is 0 Å². The third kappa shape index (κ3) is 6.93. The lowest BCUT2D eigenvalue weighted by molar-refractivity contribution is 0.584. The van der Waals surface area contributed by atoms with E-state index in [9.17, 15) is 0 Å². The summed E-state index contributed by atoms with van der Waals surface area (Å²) in [5.41, 5.74) is 31.1. The van der Waals surface area contributed by atoms with Crippen LogP contribution in [0.2, 0.25) is 0 Å². The fourth-order valence-corrected chi connectivity index (χ4v) is 17.8. The van der Waals surface area contributed by atoms with Crippen molar-refractivity contribution >= 4 is 54.5 Å². The predicted molar refractivity (Wildman–Crippen MR) is 390 cm³/mol. The Morgan fingerprint density at radius 2 is 0.691 bits per heavy atom. The van der Waals surface area contributed by atoms with Gasteiger partial charge in [0.15, 0.2) is 5.82 Å². The van der Waals surface area contributed by atoms with Crippen LogP contribution in [0, 0.1) is 0 Å². The fraction of sp³-hybridized carbons (Fsp3) is 0.0222. The van der Waals surface area contributed by atoms with Gasteiger partial charge in [0, 0.05) is 49.2 Å². The standard InChI is InChI=1S/C90H52N6O/c1-7-28-70-61(20-1)62-21-2-8-29-71(62)89(70)74-32-16-26-67-66-24-6-13-36-80(66)96(84(67)74)82-49-47-60(52-77(82)89)88-94-93-87(97-88)56-44-40-54(41-45-56)58-19-15-18-57(50-58)53-38-42-55(43-39-53)83-69-25-4-11-34-78(69)91-86(92-83)59-46-48-64-63-22-3-9-30-72(63)90(76(64)51-59)73-31-10-14-37-81(73)95-79-35-12-5-23-65(79)68-27-17-33-75(90)85(68)95/h1-52H. The van der Waals surface area contributed by atoms with Gasteiger partial charge in [-0.3, -0.25) is 0 Å². The highest BCUT2D eigenvalue weighted by Crippen LogP contribution is 2.63. The van der Waals surface area contributed by atoms with Crippen molar-refractivity contribution in [2.45, 2.75) is 10.8 Å². The number of hydrogen-bond donors (Lipinski definition) is 0. The van der Waals surface area contributed by atoms with E-state index >= 15 is 0 Å². The van der Waals surface area contributed by atoms with Gasteiger partial charge in [-0.15, -0.1) is 10.2 Å². The Balaban J connectivity index is 0.586. The SMILES string of the molecule is c1cc(-c2ccc(-c3nnc(-c4ccc5c(c4)C4(c6ccccc6-c6ccccc64)c4cccc6c7ccccc7n-5c46)o3)cc2)cc(-c2ccc(-c3nc(-c4ccc5c(c4)C4(c6ccccc6-5)c5ccccc5-n5c6ccccc6c6cccc4c65)nc4ccccc34)cc2)c1. The van der Waals surface area contributed by atoms with E-state index in [2.05, 4.69) is 330 Å². The van der Waals surface area contributed by atoms with Gasteiger partial charge in [0.1, 0.15) is 0 Å². The van der Waals surface area contributed by atoms with Crippen molar-refractivity contribution in [3.05, 3.63) is 360 Å². The normalized spacial score (nSPS) is 14.7. The Labute approximate surface area is 557 Å². The first kappa shape index (κ1) is 52.6. The lowest BCUT2D eigenvalue weighted by atomic mass is 9.65. The lowest BCUT2D eigenvalue weighted by Gasteiger charge is -2.39. The van der Waals surface area contributed by atoms with Crippen LogP contribution in [-0.4, -0.2) is 29.3 Å². The number of hydrogen-bond acceptors (Lipinski definition) is 5. The zero-order valence-corrected chi connectivity index (χ0v) is 52.1. The average molecular weight is 1230 g/mol. The minimum Gasteiger partial charge on any atom is -0.416 e. The molecule has 0 amide bonds. The van der Waals surface area contributed by atoms with Gasteiger partial charge in [0.2, 0.25) is 11.8 Å². The summed E-state index contributed by atoms with van der Waals surface area (Å²) in [4.78, 5) is 10.9. The summed E-state index contributed by atoms with van der Waals surface area (Å²) < 4.78 is 11.6. The van der Waals surface area contributed by atoms with Crippen LogP contribution in [-0.2, 0) is 10.8 Å². The van der Waals surface area contributed by atoms with E-state index < -0.39 is 10.8 Å². The van der Waals surface area contributed by atoms with Gasteiger partial charge in [0.25, 0.3) is 0 Å². The predicted octanol–water partition coefficient (Wildman–Crippen LogP) is 21.6.